The molecule has 0 nitrogen and oxygen atoms in total. The molecule has 0 spiro atoms. The number of hydrogen-bond donors (Lipinski definition) is 0. The molecular weight excluding hydrogens is 284 g/mol. The van der Waals surface area contributed by atoms with Crippen molar-refractivity contribution in [3.63, 3.8) is 0 Å². The van der Waals surface area contributed by atoms with E-state index in [1.54, 1.807) is 0 Å². The first-order valence-corrected chi connectivity index (χ1v) is 6.99. The normalized spacial score (nSPS) is 13.4. The van der Waals surface area contributed by atoms with Gasteiger partial charge in [-0.15, -0.1) is 0 Å². The van der Waals surface area contributed by atoms with Crippen molar-refractivity contribution in [3.05, 3.63) is 63.1 Å². The predicted octanol–water partition coefficient (Wildman–Crippen LogP) is 5.38. The van der Waals surface area contributed by atoms with Crippen molar-refractivity contribution in [1.29, 1.82) is 0 Å². The first kappa shape index (κ1) is 11.7. The van der Waals surface area contributed by atoms with Gasteiger partial charge in [-0.2, -0.15) is 0 Å². The molecule has 1 heteroatoms. The van der Waals surface area contributed by atoms with E-state index in [9.17, 15) is 0 Å². The molecule has 0 heterocycles. The molecule has 0 radical (unpaired) electrons. The van der Waals surface area contributed by atoms with Gasteiger partial charge < -0.3 is 0 Å². The number of hydrogen-bond acceptors (Lipinski definition) is 0. The van der Waals surface area contributed by atoms with E-state index in [1.807, 2.05) is 0 Å². The van der Waals surface area contributed by atoms with E-state index in [2.05, 4.69) is 72.3 Å². The SMILES string of the molecule is CC1=Cc2c(Br)cc(-c3ccc(C)cc3)cc2C1. The summed E-state index contributed by atoms with van der Waals surface area (Å²) in [5.74, 6) is 0. The zero-order valence-corrected chi connectivity index (χ0v) is 12.2. The maximum absolute atomic E-state index is 3.69. The third kappa shape index (κ3) is 2.04. The van der Waals surface area contributed by atoms with Gasteiger partial charge in [-0.05, 0) is 48.6 Å². The van der Waals surface area contributed by atoms with Crippen molar-refractivity contribution < 1.29 is 0 Å². The maximum atomic E-state index is 3.69. The molecule has 1 aliphatic carbocycles. The van der Waals surface area contributed by atoms with Gasteiger partial charge in [0.1, 0.15) is 0 Å². The minimum Gasteiger partial charge on any atom is -0.0683 e. The van der Waals surface area contributed by atoms with Crippen LogP contribution in [0.5, 0.6) is 0 Å². The van der Waals surface area contributed by atoms with Crippen molar-refractivity contribution in [2.24, 2.45) is 0 Å². The molecule has 0 bridgehead atoms. The highest BCUT2D eigenvalue weighted by Crippen LogP contribution is 2.35. The molecule has 2 aromatic rings. The third-order valence-electron chi connectivity index (χ3n) is 3.46. The van der Waals surface area contributed by atoms with Crippen molar-refractivity contribution in [3.8, 4) is 11.1 Å². The first-order chi connectivity index (χ1) is 8.63. The summed E-state index contributed by atoms with van der Waals surface area (Å²) in [6.45, 7) is 4.31. The van der Waals surface area contributed by atoms with Gasteiger partial charge in [0.15, 0.2) is 0 Å². The molecule has 0 unspecified atom stereocenters. The minimum atomic E-state index is 1.08. The van der Waals surface area contributed by atoms with Crippen LogP contribution in [-0.2, 0) is 6.42 Å². The van der Waals surface area contributed by atoms with Gasteiger partial charge in [-0.1, -0.05) is 63.5 Å². The van der Waals surface area contributed by atoms with Gasteiger partial charge in [0.25, 0.3) is 0 Å². The molecule has 90 valence electrons. The maximum Gasteiger partial charge on any atom is 0.0256 e. The fourth-order valence-electron chi connectivity index (χ4n) is 2.49. The largest absolute Gasteiger partial charge is 0.0683 e. The van der Waals surface area contributed by atoms with Crippen LogP contribution >= 0.6 is 15.9 Å². The Morgan fingerprint density at radius 1 is 0.944 bits per heavy atom. The standard InChI is InChI=1S/C17H15Br/c1-11-3-5-13(6-4-11)14-9-15-7-12(2)8-16(15)17(18)10-14/h3-6,8-10H,7H2,1-2H3. The third-order valence-corrected chi connectivity index (χ3v) is 4.12. The molecule has 0 aromatic heterocycles. The molecule has 18 heavy (non-hydrogen) atoms. The number of benzene rings is 2. The van der Waals surface area contributed by atoms with E-state index in [0.29, 0.717) is 0 Å². The second-order valence-electron chi connectivity index (χ2n) is 5.06. The summed E-state index contributed by atoms with van der Waals surface area (Å²) in [4.78, 5) is 0. The summed E-state index contributed by atoms with van der Waals surface area (Å²) >= 11 is 3.69. The van der Waals surface area contributed by atoms with Crippen LogP contribution in [0.2, 0.25) is 0 Å². The summed E-state index contributed by atoms with van der Waals surface area (Å²) in [6.07, 6.45) is 3.35. The molecule has 0 saturated carbocycles. The van der Waals surface area contributed by atoms with Gasteiger partial charge in [0.2, 0.25) is 0 Å². The summed E-state index contributed by atoms with van der Waals surface area (Å²) in [5.41, 5.74) is 8.10. The topological polar surface area (TPSA) is 0 Å². The van der Waals surface area contributed by atoms with Gasteiger partial charge in [-0.3, -0.25) is 0 Å². The zero-order valence-electron chi connectivity index (χ0n) is 10.6. The first-order valence-electron chi connectivity index (χ1n) is 6.20. The number of aryl methyl sites for hydroxylation is 1. The molecule has 0 saturated heterocycles. The van der Waals surface area contributed by atoms with Gasteiger partial charge in [0, 0.05) is 4.47 Å². The summed E-state index contributed by atoms with van der Waals surface area (Å²) in [6, 6.07) is 13.3. The average molecular weight is 299 g/mol. The monoisotopic (exact) mass is 298 g/mol. The Bertz CT molecular complexity index is 633. The van der Waals surface area contributed by atoms with Crippen LogP contribution in [0, 0.1) is 6.92 Å². The van der Waals surface area contributed by atoms with Crippen LogP contribution < -0.4 is 0 Å². The molecule has 0 N–H and O–H groups in total. The Hall–Kier alpha value is -1.34. The second-order valence-corrected chi connectivity index (χ2v) is 5.92. The summed E-state index contributed by atoms with van der Waals surface area (Å²) < 4.78 is 1.20. The van der Waals surface area contributed by atoms with Crippen LogP contribution in [0.4, 0.5) is 0 Å². The number of fused-ring (bicyclic) bond motifs is 1. The zero-order chi connectivity index (χ0) is 12.7. The molecule has 0 amide bonds. The molecule has 3 rings (SSSR count). The van der Waals surface area contributed by atoms with Crippen LogP contribution in [-0.4, -0.2) is 0 Å². The lowest BCUT2D eigenvalue weighted by atomic mass is 9.99. The van der Waals surface area contributed by atoms with Crippen LogP contribution in [0.15, 0.2) is 46.4 Å². The van der Waals surface area contributed by atoms with Crippen molar-refractivity contribution in [2.45, 2.75) is 20.3 Å². The van der Waals surface area contributed by atoms with Gasteiger partial charge in [0.05, 0.1) is 0 Å². The molecule has 0 fully saturated rings. The molecule has 0 aliphatic heterocycles. The van der Waals surface area contributed by atoms with E-state index >= 15 is 0 Å². The lowest BCUT2D eigenvalue weighted by molar-refractivity contribution is 1.19. The number of allylic oxidation sites excluding steroid dienone is 1. The Morgan fingerprint density at radius 3 is 2.39 bits per heavy atom. The second kappa shape index (κ2) is 4.40. The van der Waals surface area contributed by atoms with Crippen molar-refractivity contribution >= 4 is 22.0 Å². The Labute approximate surface area is 116 Å². The van der Waals surface area contributed by atoms with Gasteiger partial charge in [-0.25, -0.2) is 0 Å². The van der Waals surface area contributed by atoms with E-state index in [0.717, 1.165) is 6.42 Å². The van der Waals surface area contributed by atoms with E-state index in [4.69, 9.17) is 0 Å². The Kier molecular flexibility index (Phi) is 2.87. The lowest BCUT2D eigenvalue weighted by Crippen LogP contribution is -1.87. The van der Waals surface area contributed by atoms with Crippen LogP contribution in [0.25, 0.3) is 17.2 Å². The van der Waals surface area contributed by atoms with Crippen LogP contribution in [0.3, 0.4) is 0 Å². The van der Waals surface area contributed by atoms with Crippen LogP contribution in [0.1, 0.15) is 23.6 Å². The lowest BCUT2D eigenvalue weighted by Gasteiger charge is -2.08. The van der Waals surface area contributed by atoms with E-state index in [1.165, 1.54) is 37.9 Å². The van der Waals surface area contributed by atoms with Crippen molar-refractivity contribution in [2.75, 3.05) is 0 Å². The highest BCUT2D eigenvalue weighted by molar-refractivity contribution is 9.10. The molecular formula is C17H15Br. The average Bonchev–Trinajstić information content (AvgIpc) is 2.71. The smallest absolute Gasteiger partial charge is 0.0256 e. The number of halogens is 1. The minimum absolute atomic E-state index is 1.08. The summed E-state index contributed by atoms with van der Waals surface area (Å²) in [7, 11) is 0. The predicted molar refractivity (Wildman–Crippen MR) is 81.7 cm³/mol. The highest BCUT2D eigenvalue weighted by atomic mass is 79.9. The van der Waals surface area contributed by atoms with E-state index in [-0.39, 0.29) is 0 Å². The Morgan fingerprint density at radius 2 is 1.67 bits per heavy atom. The molecule has 1 aliphatic rings. The summed E-state index contributed by atoms with van der Waals surface area (Å²) in [5, 5.41) is 0. The quantitative estimate of drug-likeness (QED) is 0.663. The van der Waals surface area contributed by atoms with Crippen molar-refractivity contribution in [1.82, 2.24) is 0 Å². The fraction of sp³-hybridized carbons (Fsp3) is 0.176. The molecule has 2 aromatic carbocycles. The number of rotatable bonds is 1. The van der Waals surface area contributed by atoms with Gasteiger partial charge >= 0.3 is 0 Å². The highest BCUT2D eigenvalue weighted by Gasteiger charge is 2.14. The molecule has 0 atom stereocenters. The fourth-order valence-corrected chi connectivity index (χ4v) is 3.11. The van der Waals surface area contributed by atoms with E-state index < -0.39 is 0 Å². The Balaban J connectivity index is 2.09.